The largest absolute Gasteiger partial charge is 0.351 e. The van der Waals surface area contributed by atoms with Crippen LogP contribution in [0.15, 0.2) is 41.3 Å². The molecule has 0 aliphatic carbocycles. The number of carbonyl (C=O) groups excluding carboxylic acids is 1. The molecule has 112 valence electrons. The van der Waals surface area contributed by atoms with Crippen LogP contribution in [0.25, 0.3) is 21.5 Å². The second-order valence-electron chi connectivity index (χ2n) is 4.96. The smallest absolute Gasteiger partial charge is 0.251 e. The van der Waals surface area contributed by atoms with Gasteiger partial charge in [0.1, 0.15) is 0 Å². The maximum atomic E-state index is 12.4. The molecule has 5 nitrogen and oxygen atoms in total. The summed E-state index contributed by atoms with van der Waals surface area (Å²) >= 11 is 6.07. The summed E-state index contributed by atoms with van der Waals surface area (Å²) in [5.74, 6) is -0.236. The fraction of sp³-hybridized carbons (Fsp3) is 0.125. The minimum Gasteiger partial charge on any atom is -0.351 e. The molecule has 0 spiro atoms. The standard InChI is InChI=1S/C16H14ClN3O2/c17-10-1-2-11-12(7-10)13(16(22)19-4-3-18)5-9-6-15(21)20-8-14(9)11/h1-2,5-8H,3-4,18H2,(H,19,22)(H,20,21). The Labute approximate surface area is 131 Å². The summed E-state index contributed by atoms with van der Waals surface area (Å²) in [7, 11) is 0. The molecule has 1 heterocycles. The number of fused-ring (bicyclic) bond motifs is 3. The number of pyridine rings is 1. The number of aromatic nitrogens is 1. The first-order valence-corrected chi connectivity index (χ1v) is 7.21. The van der Waals surface area contributed by atoms with E-state index in [1.807, 2.05) is 6.07 Å². The zero-order valence-electron chi connectivity index (χ0n) is 11.7. The third-order valence-corrected chi connectivity index (χ3v) is 3.73. The van der Waals surface area contributed by atoms with Crippen molar-refractivity contribution in [2.75, 3.05) is 13.1 Å². The molecule has 22 heavy (non-hydrogen) atoms. The summed E-state index contributed by atoms with van der Waals surface area (Å²) in [5, 5.41) is 6.45. The molecule has 0 aliphatic rings. The van der Waals surface area contributed by atoms with E-state index in [4.69, 9.17) is 17.3 Å². The van der Waals surface area contributed by atoms with Gasteiger partial charge in [0, 0.05) is 41.3 Å². The van der Waals surface area contributed by atoms with Gasteiger partial charge in [-0.05, 0) is 34.4 Å². The SMILES string of the molecule is NCCNC(=O)c1cc2cc(=O)[nH]cc2c2ccc(Cl)cc12. The van der Waals surface area contributed by atoms with Crippen LogP contribution in [0, 0.1) is 0 Å². The van der Waals surface area contributed by atoms with Gasteiger partial charge in [0.15, 0.2) is 0 Å². The molecular weight excluding hydrogens is 302 g/mol. The summed E-state index contributed by atoms with van der Waals surface area (Å²) in [6.07, 6.45) is 1.65. The second kappa shape index (κ2) is 5.79. The molecule has 3 aromatic rings. The number of rotatable bonds is 3. The number of amides is 1. The van der Waals surface area contributed by atoms with Crippen LogP contribution in [0.3, 0.4) is 0 Å². The Morgan fingerprint density at radius 1 is 1.18 bits per heavy atom. The molecule has 0 radical (unpaired) electrons. The lowest BCUT2D eigenvalue weighted by molar-refractivity contribution is 0.0956. The van der Waals surface area contributed by atoms with E-state index >= 15 is 0 Å². The van der Waals surface area contributed by atoms with Gasteiger partial charge >= 0.3 is 0 Å². The van der Waals surface area contributed by atoms with Crippen LogP contribution in [0.4, 0.5) is 0 Å². The van der Waals surface area contributed by atoms with Gasteiger partial charge in [0.25, 0.3) is 5.91 Å². The fourth-order valence-corrected chi connectivity index (χ4v) is 2.69. The molecule has 3 rings (SSSR count). The molecule has 1 aromatic heterocycles. The highest BCUT2D eigenvalue weighted by atomic mass is 35.5. The van der Waals surface area contributed by atoms with Crippen molar-refractivity contribution in [3.8, 4) is 0 Å². The van der Waals surface area contributed by atoms with Crippen LogP contribution in [-0.4, -0.2) is 24.0 Å². The average Bonchev–Trinajstić information content (AvgIpc) is 2.51. The van der Waals surface area contributed by atoms with Crippen molar-refractivity contribution in [2.45, 2.75) is 0 Å². The molecular formula is C16H14ClN3O2. The van der Waals surface area contributed by atoms with Gasteiger partial charge < -0.3 is 16.0 Å². The quantitative estimate of drug-likeness (QED) is 0.646. The minimum atomic E-state index is -0.236. The molecule has 0 fully saturated rings. The predicted octanol–water partition coefficient (Wildman–Crippen LogP) is 2.02. The number of carbonyl (C=O) groups is 1. The minimum absolute atomic E-state index is 0.214. The fourth-order valence-electron chi connectivity index (χ4n) is 2.52. The number of halogens is 1. The maximum Gasteiger partial charge on any atom is 0.251 e. The Kier molecular flexibility index (Phi) is 3.83. The van der Waals surface area contributed by atoms with E-state index in [-0.39, 0.29) is 11.5 Å². The number of hydrogen-bond acceptors (Lipinski definition) is 3. The van der Waals surface area contributed by atoms with Crippen LogP contribution in [0.5, 0.6) is 0 Å². The molecule has 2 aromatic carbocycles. The molecule has 1 amide bonds. The van der Waals surface area contributed by atoms with E-state index in [0.717, 1.165) is 16.2 Å². The highest BCUT2D eigenvalue weighted by Gasteiger charge is 2.13. The number of nitrogens with one attached hydrogen (secondary N) is 2. The lowest BCUT2D eigenvalue weighted by Crippen LogP contribution is -2.29. The van der Waals surface area contributed by atoms with Crippen LogP contribution >= 0.6 is 11.6 Å². The van der Waals surface area contributed by atoms with Crippen molar-refractivity contribution in [2.24, 2.45) is 5.73 Å². The van der Waals surface area contributed by atoms with Crippen molar-refractivity contribution in [3.05, 3.63) is 57.5 Å². The van der Waals surface area contributed by atoms with E-state index < -0.39 is 0 Å². The van der Waals surface area contributed by atoms with Gasteiger partial charge in [0.2, 0.25) is 5.56 Å². The molecule has 6 heteroatoms. The zero-order chi connectivity index (χ0) is 15.7. The van der Waals surface area contributed by atoms with Crippen molar-refractivity contribution in [1.82, 2.24) is 10.3 Å². The second-order valence-corrected chi connectivity index (χ2v) is 5.40. The summed E-state index contributed by atoms with van der Waals surface area (Å²) < 4.78 is 0. The third kappa shape index (κ3) is 2.56. The third-order valence-electron chi connectivity index (χ3n) is 3.49. The van der Waals surface area contributed by atoms with Crippen LogP contribution in [-0.2, 0) is 0 Å². The van der Waals surface area contributed by atoms with Crippen molar-refractivity contribution >= 4 is 39.1 Å². The first kappa shape index (κ1) is 14.6. The van der Waals surface area contributed by atoms with Crippen LogP contribution in [0.1, 0.15) is 10.4 Å². The van der Waals surface area contributed by atoms with Crippen molar-refractivity contribution < 1.29 is 4.79 Å². The summed E-state index contributed by atoms with van der Waals surface area (Å²) in [5.41, 5.74) is 5.68. The Hall–Kier alpha value is -2.37. The van der Waals surface area contributed by atoms with Gasteiger partial charge in [-0.2, -0.15) is 0 Å². The van der Waals surface area contributed by atoms with E-state index in [2.05, 4.69) is 10.3 Å². The highest BCUT2D eigenvalue weighted by Crippen LogP contribution is 2.29. The average molecular weight is 316 g/mol. The zero-order valence-corrected chi connectivity index (χ0v) is 12.4. The Bertz CT molecular complexity index is 934. The topological polar surface area (TPSA) is 88.0 Å². The van der Waals surface area contributed by atoms with Crippen molar-refractivity contribution in [1.29, 1.82) is 0 Å². The molecule has 0 unspecified atom stereocenters. The van der Waals surface area contributed by atoms with Gasteiger partial charge in [0.05, 0.1) is 0 Å². The summed E-state index contributed by atoms with van der Waals surface area (Å²) in [6.45, 7) is 0.742. The molecule has 0 bridgehead atoms. The highest BCUT2D eigenvalue weighted by molar-refractivity contribution is 6.32. The summed E-state index contributed by atoms with van der Waals surface area (Å²) in [4.78, 5) is 26.6. The molecule has 4 N–H and O–H groups in total. The van der Waals surface area contributed by atoms with E-state index in [9.17, 15) is 9.59 Å². The van der Waals surface area contributed by atoms with Gasteiger partial charge in [-0.15, -0.1) is 0 Å². The molecule has 0 saturated carbocycles. The molecule has 0 saturated heterocycles. The number of nitrogens with two attached hydrogens (primary N) is 1. The van der Waals surface area contributed by atoms with E-state index in [0.29, 0.717) is 29.1 Å². The Morgan fingerprint density at radius 2 is 2.00 bits per heavy atom. The first-order valence-electron chi connectivity index (χ1n) is 6.83. The maximum absolute atomic E-state index is 12.4. The lowest BCUT2D eigenvalue weighted by Gasteiger charge is -2.11. The predicted molar refractivity (Wildman–Crippen MR) is 88.5 cm³/mol. The normalized spacial score (nSPS) is 11.0. The number of aromatic amines is 1. The number of H-pyrrole nitrogens is 1. The van der Waals surface area contributed by atoms with E-state index in [1.165, 1.54) is 6.07 Å². The first-order chi connectivity index (χ1) is 10.6. The Balaban J connectivity index is 2.34. The Morgan fingerprint density at radius 3 is 2.77 bits per heavy atom. The van der Waals surface area contributed by atoms with E-state index in [1.54, 1.807) is 24.4 Å². The monoisotopic (exact) mass is 315 g/mol. The van der Waals surface area contributed by atoms with Crippen molar-refractivity contribution in [3.63, 3.8) is 0 Å². The van der Waals surface area contributed by atoms with Crippen LogP contribution < -0.4 is 16.6 Å². The molecule has 0 atom stereocenters. The lowest BCUT2D eigenvalue weighted by atomic mass is 9.98. The number of benzene rings is 2. The van der Waals surface area contributed by atoms with Gasteiger partial charge in [-0.1, -0.05) is 17.7 Å². The summed E-state index contributed by atoms with van der Waals surface area (Å²) in [6, 6.07) is 8.53. The van der Waals surface area contributed by atoms with Crippen LogP contribution in [0.2, 0.25) is 5.02 Å². The molecule has 0 aliphatic heterocycles. The van der Waals surface area contributed by atoms with Gasteiger partial charge in [-0.25, -0.2) is 0 Å². The number of hydrogen-bond donors (Lipinski definition) is 3. The van der Waals surface area contributed by atoms with Gasteiger partial charge in [-0.3, -0.25) is 9.59 Å².